The van der Waals surface area contributed by atoms with Gasteiger partial charge in [-0.2, -0.15) is 0 Å². The lowest BCUT2D eigenvalue weighted by Gasteiger charge is -2.14. The molecular formula is C20H25N3O2S. The van der Waals surface area contributed by atoms with Gasteiger partial charge in [-0.1, -0.05) is 13.0 Å². The van der Waals surface area contributed by atoms with Gasteiger partial charge in [-0.05, 0) is 35.9 Å². The number of benzene rings is 1. The summed E-state index contributed by atoms with van der Waals surface area (Å²) >= 11 is 1.78. The van der Waals surface area contributed by atoms with Crippen LogP contribution in [-0.2, 0) is 6.42 Å². The number of fused-ring (bicyclic) bond motifs is 1. The van der Waals surface area contributed by atoms with Crippen molar-refractivity contribution in [1.82, 2.24) is 5.32 Å². The molecule has 26 heavy (non-hydrogen) atoms. The SMILES string of the molecule is CC1CC1NC(=NCCc1cccs1)Nc1ccc2c(c1)OCCCO2. The van der Waals surface area contributed by atoms with Gasteiger partial charge in [-0.3, -0.25) is 4.99 Å². The van der Waals surface area contributed by atoms with Crippen molar-refractivity contribution in [2.24, 2.45) is 10.9 Å². The summed E-state index contributed by atoms with van der Waals surface area (Å²) in [4.78, 5) is 6.13. The summed E-state index contributed by atoms with van der Waals surface area (Å²) in [6.45, 7) is 4.42. The Hall–Kier alpha value is -2.21. The Morgan fingerprint density at radius 3 is 2.85 bits per heavy atom. The smallest absolute Gasteiger partial charge is 0.196 e. The van der Waals surface area contributed by atoms with Gasteiger partial charge >= 0.3 is 0 Å². The van der Waals surface area contributed by atoms with Crippen LogP contribution in [0.1, 0.15) is 24.6 Å². The van der Waals surface area contributed by atoms with E-state index in [9.17, 15) is 0 Å². The molecule has 138 valence electrons. The maximum absolute atomic E-state index is 5.79. The van der Waals surface area contributed by atoms with Gasteiger partial charge in [0, 0.05) is 42.1 Å². The highest BCUT2D eigenvalue weighted by molar-refractivity contribution is 7.09. The van der Waals surface area contributed by atoms with Crippen LogP contribution in [0.15, 0.2) is 40.7 Å². The first-order valence-corrected chi connectivity index (χ1v) is 10.2. The highest BCUT2D eigenvalue weighted by atomic mass is 32.1. The van der Waals surface area contributed by atoms with Crippen LogP contribution in [-0.4, -0.2) is 31.8 Å². The van der Waals surface area contributed by atoms with Crippen molar-refractivity contribution < 1.29 is 9.47 Å². The fraction of sp³-hybridized carbons (Fsp3) is 0.450. The molecule has 4 rings (SSSR count). The predicted molar refractivity (Wildman–Crippen MR) is 107 cm³/mol. The molecule has 0 bridgehead atoms. The molecule has 6 heteroatoms. The van der Waals surface area contributed by atoms with Crippen LogP contribution in [0.4, 0.5) is 5.69 Å². The number of ether oxygens (including phenoxy) is 2. The molecule has 2 N–H and O–H groups in total. The van der Waals surface area contributed by atoms with Gasteiger partial charge in [0.25, 0.3) is 0 Å². The molecule has 2 heterocycles. The maximum atomic E-state index is 5.79. The van der Waals surface area contributed by atoms with Crippen LogP contribution in [0.5, 0.6) is 11.5 Å². The summed E-state index contributed by atoms with van der Waals surface area (Å²) in [6.07, 6.45) is 3.08. The molecule has 0 spiro atoms. The zero-order valence-electron chi connectivity index (χ0n) is 15.0. The normalized spacial score (nSPS) is 21.8. The van der Waals surface area contributed by atoms with Crippen LogP contribution >= 0.6 is 11.3 Å². The van der Waals surface area contributed by atoms with Crippen molar-refractivity contribution >= 4 is 23.0 Å². The minimum Gasteiger partial charge on any atom is -0.490 e. The van der Waals surface area contributed by atoms with Crippen molar-refractivity contribution in [3.8, 4) is 11.5 Å². The fourth-order valence-corrected chi connectivity index (χ4v) is 3.63. The maximum Gasteiger partial charge on any atom is 0.196 e. The summed E-state index contributed by atoms with van der Waals surface area (Å²) in [5.41, 5.74) is 0.963. The van der Waals surface area contributed by atoms with E-state index in [2.05, 4.69) is 35.1 Å². The average molecular weight is 372 g/mol. The largest absolute Gasteiger partial charge is 0.490 e. The van der Waals surface area contributed by atoms with E-state index in [0.29, 0.717) is 25.2 Å². The molecule has 1 saturated carbocycles. The molecule has 1 aromatic carbocycles. The second-order valence-electron chi connectivity index (χ2n) is 6.86. The second kappa shape index (κ2) is 7.99. The number of hydrogen-bond acceptors (Lipinski definition) is 4. The molecule has 0 radical (unpaired) electrons. The minimum absolute atomic E-state index is 0.517. The molecule has 1 fully saturated rings. The van der Waals surface area contributed by atoms with Gasteiger partial charge < -0.3 is 20.1 Å². The van der Waals surface area contributed by atoms with E-state index in [4.69, 9.17) is 14.5 Å². The Morgan fingerprint density at radius 1 is 1.23 bits per heavy atom. The van der Waals surface area contributed by atoms with Crippen LogP contribution < -0.4 is 20.1 Å². The minimum atomic E-state index is 0.517. The first kappa shape index (κ1) is 17.2. The van der Waals surface area contributed by atoms with Crippen molar-refractivity contribution in [1.29, 1.82) is 0 Å². The molecule has 1 aliphatic heterocycles. The molecule has 2 unspecified atom stereocenters. The number of nitrogens with zero attached hydrogens (tertiary/aromatic N) is 1. The number of hydrogen-bond donors (Lipinski definition) is 2. The lowest BCUT2D eigenvalue weighted by atomic mass is 10.2. The number of rotatable bonds is 5. The first-order chi connectivity index (χ1) is 12.8. The predicted octanol–water partition coefficient (Wildman–Crippen LogP) is 3.92. The molecule has 2 aliphatic rings. The van der Waals surface area contributed by atoms with Crippen LogP contribution in [0.25, 0.3) is 0 Å². The molecule has 1 aliphatic carbocycles. The molecule has 2 aromatic rings. The number of anilines is 1. The summed E-state index contributed by atoms with van der Waals surface area (Å²) in [7, 11) is 0. The summed E-state index contributed by atoms with van der Waals surface area (Å²) in [5, 5.41) is 9.07. The lowest BCUT2D eigenvalue weighted by Crippen LogP contribution is -2.33. The zero-order chi connectivity index (χ0) is 17.8. The van der Waals surface area contributed by atoms with Crippen LogP contribution in [0, 0.1) is 5.92 Å². The van der Waals surface area contributed by atoms with E-state index in [-0.39, 0.29) is 0 Å². The third-order valence-electron chi connectivity index (χ3n) is 4.65. The highest BCUT2D eigenvalue weighted by Gasteiger charge is 2.33. The van der Waals surface area contributed by atoms with Crippen LogP contribution in [0.2, 0.25) is 0 Å². The van der Waals surface area contributed by atoms with Gasteiger partial charge in [-0.15, -0.1) is 11.3 Å². The fourth-order valence-electron chi connectivity index (χ4n) is 2.93. The van der Waals surface area contributed by atoms with Crippen molar-refractivity contribution in [3.63, 3.8) is 0 Å². The van der Waals surface area contributed by atoms with Gasteiger partial charge in [0.1, 0.15) is 0 Å². The molecule has 5 nitrogen and oxygen atoms in total. The van der Waals surface area contributed by atoms with Crippen LogP contribution in [0.3, 0.4) is 0 Å². The monoisotopic (exact) mass is 371 g/mol. The topological polar surface area (TPSA) is 54.9 Å². The molecule has 1 aromatic heterocycles. The van der Waals surface area contributed by atoms with E-state index < -0.39 is 0 Å². The van der Waals surface area contributed by atoms with Crippen molar-refractivity contribution in [3.05, 3.63) is 40.6 Å². The Labute approximate surface area is 158 Å². The van der Waals surface area contributed by atoms with Gasteiger partial charge in [0.2, 0.25) is 0 Å². The highest BCUT2D eigenvalue weighted by Crippen LogP contribution is 2.33. The van der Waals surface area contributed by atoms with E-state index in [1.165, 1.54) is 11.3 Å². The number of nitrogens with one attached hydrogen (secondary N) is 2. The number of guanidine groups is 1. The summed E-state index contributed by atoms with van der Waals surface area (Å²) in [6, 6.07) is 10.7. The first-order valence-electron chi connectivity index (χ1n) is 9.28. The molecule has 0 amide bonds. The Balaban J connectivity index is 1.44. The van der Waals surface area contributed by atoms with E-state index in [1.54, 1.807) is 11.3 Å². The molecule has 0 saturated heterocycles. The summed E-state index contributed by atoms with van der Waals surface area (Å²) < 4.78 is 11.5. The van der Waals surface area contributed by atoms with Crippen molar-refractivity contribution in [2.45, 2.75) is 32.2 Å². The Kier molecular flexibility index (Phi) is 5.29. The quantitative estimate of drug-likeness (QED) is 0.618. The van der Waals surface area contributed by atoms with E-state index in [0.717, 1.165) is 42.5 Å². The standard InChI is InChI=1S/C20H25N3O2S/c1-14-12-17(14)23-20(21-8-7-16-4-2-11-26-16)22-15-5-6-18-19(13-15)25-10-3-9-24-18/h2,4-6,11,13-14,17H,3,7-10,12H2,1H3,(H2,21,22,23). The third kappa shape index (κ3) is 4.49. The second-order valence-corrected chi connectivity index (χ2v) is 7.89. The number of thiophene rings is 1. The van der Waals surface area contributed by atoms with E-state index >= 15 is 0 Å². The Morgan fingerprint density at radius 2 is 2.08 bits per heavy atom. The van der Waals surface area contributed by atoms with Gasteiger partial charge in [0.05, 0.1) is 13.2 Å². The van der Waals surface area contributed by atoms with Gasteiger partial charge in [-0.25, -0.2) is 0 Å². The van der Waals surface area contributed by atoms with E-state index in [1.807, 2.05) is 18.2 Å². The Bertz CT molecular complexity index is 760. The average Bonchev–Trinajstić information content (AvgIpc) is 3.16. The molecule has 2 atom stereocenters. The summed E-state index contributed by atoms with van der Waals surface area (Å²) in [5.74, 6) is 3.16. The van der Waals surface area contributed by atoms with Crippen molar-refractivity contribution in [2.75, 3.05) is 25.1 Å². The third-order valence-corrected chi connectivity index (χ3v) is 5.59. The van der Waals surface area contributed by atoms with Gasteiger partial charge in [0.15, 0.2) is 17.5 Å². The molecular weight excluding hydrogens is 346 g/mol. The number of aliphatic imine (C=N–C) groups is 1. The zero-order valence-corrected chi connectivity index (χ0v) is 15.8. The lowest BCUT2D eigenvalue weighted by molar-refractivity contribution is 0.297.